The van der Waals surface area contributed by atoms with Gasteiger partial charge in [0.15, 0.2) is 5.16 Å². The predicted molar refractivity (Wildman–Crippen MR) is 104 cm³/mol. The second-order valence-electron chi connectivity index (χ2n) is 6.23. The molecule has 1 amide bonds. The van der Waals surface area contributed by atoms with Gasteiger partial charge < -0.3 is 4.90 Å². The molecule has 0 aliphatic heterocycles. The number of thioether (sulfide) groups is 1. The lowest BCUT2D eigenvalue weighted by atomic mass is 10.1. The molecule has 0 saturated heterocycles. The molecule has 0 aliphatic carbocycles. The van der Waals surface area contributed by atoms with Crippen LogP contribution in [0.3, 0.4) is 0 Å². The Hall–Kier alpha value is -2.60. The minimum Gasteiger partial charge on any atom is -0.341 e. The van der Waals surface area contributed by atoms with E-state index in [4.69, 9.17) is 0 Å². The zero-order valence-electron chi connectivity index (χ0n) is 15.2. The Kier molecular flexibility index (Phi) is 5.73. The number of carbonyl (C=O) groups is 1. The van der Waals surface area contributed by atoms with Crippen LogP contribution >= 0.6 is 11.8 Å². The number of nitrogens with zero attached hydrogens (tertiary/aromatic N) is 4. The van der Waals surface area contributed by atoms with E-state index in [2.05, 4.69) is 29.3 Å². The number of amides is 1. The van der Waals surface area contributed by atoms with E-state index in [1.54, 1.807) is 11.2 Å². The van der Waals surface area contributed by atoms with Crippen LogP contribution in [0, 0.1) is 13.8 Å². The van der Waals surface area contributed by atoms with Crippen LogP contribution in [0.25, 0.3) is 5.69 Å². The Morgan fingerprint density at radius 1 is 1.08 bits per heavy atom. The maximum atomic E-state index is 12.5. The van der Waals surface area contributed by atoms with Crippen LogP contribution in [0.15, 0.2) is 60.0 Å². The number of hydrogen-bond acceptors (Lipinski definition) is 4. The number of hydrogen-bond donors (Lipinski definition) is 0. The van der Waals surface area contributed by atoms with E-state index in [1.165, 1.54) is 17.3 Å². The van der Waals surface area contributed by atoms with E-state index < -0.39 is 0 Å². The van der Waals surface area contributed by atoms with Crippen LogP contribution in [0.5, 0.6) is 0 Å². The summed E-state index contributed by atoms with van der Waals surface area (Å²) in [6, 6.07) is 16.2. The summed E-state index contributed by atoms with van der Waals surface area (Å²) in [6.45, 7) is 4.72. The van der Waals surface area contributed by atoms with Gasteiger partial charge >= 0.3 is 0 Å². The van der Waals surface area contributed by atoms with Gasteiger partial charge in [0.25, 0.3) is 0 Å². The van der Waals surface area contributed by atoms with Crippen molar-refractivity contribution in [3.8, 4) is 5.69 Å². The minimum atomic E-state index is 0.0672. The molecule has 3 rings (SSSR count). The minimum absolute atomic E-state index is 0.0672. The van der Waals surface area contributed by atoms with Crippen LogP contribution in [0.4, 0.5) is 0 Å². The van der Waals surface area contributed by atoms with Gasteiger partial charge in [0.05, 0.1) is 11.4 Å². The van der Waals surface area contributed by atoms with Crippen LogP contribution < -0.4 is 0 Å². The summed E-state index contributed by atoms with van der Waals surface area (Å²) in [5, 5.41) is 8.90. The molecule has 1 heterocycles. The molecule has 0 fully saturated rings. The lowest BCUT2D eigenvalue weighted by molar-refractivity contribution is -0.127. The Balaban J connectivity index is 1.65. The van der Waals surface area contributed by atoms with Gasteiger partial charge in [-0.2, -0.15) is 0 Å². The molecule has 5 nitrogen and oxygen atoms in total. The van der Waals surface area contributed by atoms with Crippen molar-refractivity contribution < 1.29 is 4.79 Å². The van der Waals surface area contributed by atoms with E-state index in [9.17, 15) is 4.79 Å². The average molecular weight is 366 g/mol. The fourth-order valence-corrected chi connectivity index (χ4v) is 3.55. The van der Waals surface area contributed by atoms with E-state index in [0.29, 0.717) is 12.3 Å². The molecule has 0 atom stereocenters. The fourth-order valence-electron chi connectivity index (χ4n) is 2.69. The maximum Gasteiger partial charge on any atom is 0.233 e. The van der Waals surface area contributed by atoms with Crippen molar-refractivity contribution in [2.75, 3.05) is 12.8 Å². The topological polar surface area (TPSA) is 51.0 Å². The van der Waals surface area contributed by atoms with Crippen molar-refractivity contribution in [1.29, 1.82) is 0 Å². The fraction of sp³-hybridized carbons (Fsp3) is 0.250. The molecule has 0 bridgehead atoms. The molecule has 0 unspecified atom stereocenters. The van der Waals surface area contributed by atoms with Crippen molar-refractivity contribution in [2.45, 2.75) is 25.5 Å². The van der Waals surface area contributed by atoms with Crippen molar-refractivity contribution in [3.05, 3.63) is 71.5 Å². The van der Waals surface area contributed by atoms with Crippen LogP contribution in [-0.4, -0.2) is 38.4 Å². The highest BCUT2D eigenvalue weighted by molar-refractivity contribution is 7.99. The third-order valence-electron chi connectivity index (χ3n) is 4.31. The average Bonchev–Trinajstić information content (AvgIpc) is 3.10. The van der Waals surface area contributed by atoms with Crippen LogP contribution in [0.1, 0.15) is 16.7 Å². The molecule has 0 aliphatic rings. The number of aryl methyl sites for hydroxylation is 2. The number of rotatable bonds is 6. The Bertz CT molecular complexity index is 906. The molecule has 0 spiro atoms. The van der Waals surface area contributed by atoms with Crippen LogP contribution in [0.2, 0.25) is 0 Å². The van der Waals surface area contributed by atoms with Gasteiger partial charge in [-0.3, -0.25) is 9.36 Å². The molecule has 0 N–H and O–H groups in total. The number of para-hydroxylation sites is 1. The van der Waals surface area contributed by atoms with Crippen molar-refractivity contribution in [2.24, 2.45) is 0 Å². The SMILES string of the molecule is Cc1ccccc1CN(C)C(=O)CSc1nncn1-c1ccccc1C. The molecular weight excluding hydrogens is 344 g/mol. The largest absolute Gasteiger partial charge is 0.341 e. The summed E-state index contributed by atoms with van der Waals surface area (Å²) < 4.78 is 1.93. The summed E-state index contributed by atoms with van der Waals surface area (Å²) >= 11 is 1.41. The first kappa shape index (κ1) is 18.2. The van der Waals surface area contributed by atoms with Gasteiger partial charge in [0.2, 0.25) is 5.91 Å². The Morgan fingerprint density at radius 3 is 2.50 bits per heavy atom. The number of carbonyl (C=O) groups excluding carboxylic acids is 1. The summed E-state index contributed by atoms with van der Waals surface area (Å²) in [5.41, 5.74) is 4.52. The number of aromatic nitrogens is 3. The molecule has 134 valence electrons. The normalized spacial score (nSPS) is 10.7. The summed E-state index contributed by atoms with van der Waals surface area (Å²) in [6.07, 6.45) is 1.69. The highest BCUT2D eigenvalue weighted by Crippen LogP contribution is 2.22. The second kappa shape index (κ2) is 8.19. The highest BCUT2D eigenvalue weighted by Gasteiger charge is 2.14. The zero-order valence-corrected chi connectivity index (χ0v) is 16.0. The first-order valence-corrected chi connectivity index (χ1v) is 9.42. The smallest absolute Gasteiger partial charge is 0.233 e. The molecule has 0 radical (unpaired) electrons. The molecule has 26 heavy (non-hydrogen) atoms. The van der Waals surface area contributed by atoms with E-state index in [1.807, 2.05) is 54.9 Å². The Labute approximate surface area is 158 Å². The van der Waals surface area contributed by atoms with E-state index in [0.717, 1.165) is 22.0 Å². The van der Waals surface area contributed by atoms with Gasteiger partial charge in [-0.15, -0.1) is 10.2 Å². The Morgan fingerprint density at radius 2 is 1.77 bits per heavy atom. The summed E-state index contributed by atoms with van der Waals surface area (Å²) in [4.78, 5) is 14.3. The van der Waals surface area contributed by atoms with E-state index in [-0.39, 0.29) is 5.91 Å². The molecule has 1 aromatic heterocycles. The first-order valence-electron chi connectivity index (χ1n) is 8.43. The maximum absolute atomic E-state index is 12.5. The van der Waals surface area contributed by atoms with Gasteiger partial charge in [0, 0.05) is 13.6 Å². The van der Waals surface area contributed by atoms with Gasteiger partial charge in [-0.25, -0.2) is 0 Å². The predicted octanol–water partition coefficient (Wildman–Crippen LogP) is 3.63. The molecule has 2 aromatic carbocycles. The molecule has 3 aromatic rings. The quantitative estimate of drug-likeness (QED) is 0.625. The summed E-state index contributed by atoms with van der Waals surface area (Å²) in [7, 11) is 1.83. The third kappa shape index (κ3) is 4.14. The van der Waals surface area contributed by atoms with E-state index >= 15 is 0 Å². The van der Waals surface area contributed by atoms with Crippen molar-refractivity contribution in [3.63, 3.8) is 0 Å². The number of benzene rings is 2. The van der Waals surface area contributed by atoms with Gasteiger partial charge in [0.1, 0.15) is 6.33 Å². The molecule has 6 heteroatoms. The van der Waals surface area contributed by atoms with Crippen molar-refractivity contribution in [1.82, 2.24) is 19.7 Å². The molecule has 0 saturated carbocycles. The summed E-state index contributed by atoms with van der Waals surface area (Å²) in [5.74, 6) is 0.394. The lowest BCUT2D eigenvalue weighted by Crippen LogP contribution is -2.28. The standard InChI is InChI=1S/C20H22N4OS/c1-15-8-4-6-10-17(15)12-23(3)19(25)13-26-20-22-21-14-24(20)18-11-7-5-9-16(18)2/h4-11,14H,12-13H2,1-3H3. The lowest BCUT2D eigenvalue weighted by Gasteiger charge is -2.18. The first-order chi connectivity index (χ1) is 12.6. The van der Waals surface area contributed by atoms with Crippen molar-refractivity contribution >= 4 is 17.7 Å². The van der Waals surface area contributed by atoms with Gasteiger partial charge in [-0.05, 0) is 36.6 Å². The second-order valence-corrected chi connectivity index (χ2v) is 7.18. The zero-order chi connectivity index (χ0) is 18.5. The molecular formula is C20H22N4OS. The highest BCUT2D eigenvalue weighted by atomic mass is 32.2. The van der Waals surface area contributed by atoms with Crippen LogP contribution in [-0.2, 0) is 11.3 Å². The van der Waals surface area contributed by atoms with Gasteiger partial charge in [-0.1, -0.05) is 54.2 Å². The third-order valence-corrected chi connectivity index (χ3v) is 5.24. The monoisotopic (exact) mass is 366 g/mol.